The molecule has 1 aromatic carbocycles. The standard InChI is InChI=1S/C15H20Cl2N4O2/c16-10-5-3-4-9(13(10)17)8-19-15(23)21-14(18)20-11-6-1-2-7-12(11)22/h3-5,11-12,22H,1-2,6-8H2,(H4,18,19,20,21,23). The molecule has 2 atom stereocenters. The highest BCUT2D eigenvalue weighted by Crippen LogP contribution is 2.25. The summed E-state index contributed by atoms with van der Waals surface area (Å²) in [4.78, 5) is 11.8. The zero-order chi connectivity index (χ0) is 16.8. The van der Waals surface area contributed by atoms with E-state index in [4.69, 9.17) is 28.6 Å². The van der Waals surface area contributed by atoms with Crippen LogP contribution in [0, 0.1) is 5.41 Å². The Bertz CT molecular complexity index is 583. The van der Waals surface area contributed by atoms with E-state index in [0.717, 1.165) is 19.3 Å². The molecule has 5 N–H and O–H groups in total. The van der Waals surface area contributed by atoms with Crippen molar-refractivity contribution in [1.82, 2.24) is 16.0 Å². The lowest BCUT2D eigenvalue weighted by atomic mass is 9.93. The fraction of sp³-hybridized carbons (Fsp3) is 0.467. The smallest absolute Gasteiger partial charge is 0.321 e. The van der Waals surface area contributed by atoms with Crippen LogP contribution in [0.25, 0.3) is 0 Å². The molecule has 2 amide bonds. The van der Waals surface area contributed by atoms with E-state index in [1.165, 1.54) is 0 Å². The van der Waals surface area contributed by atoms with Crippen LogP contribution in [0.4, 0.5) is 4.79 Å². The first kappa shape index (κ1) is 17.8. The SMILES string of the molecule is N=C(NC(=O)NCc1cccc(Cl)c1Cl)NC1CCCCC1O. The van der Waals surface area contributed by atoms with Gasteiger partial charge in [-0.05, 0) is 24.5 Å². The molecule has 0 bridgehead atoms. The minimum absolute atomic E-state index is 0.134. The molecule has 2 rings (SSSR count). The second-order valence-electron chi connectivity index (χ2n) is 5.50. The van der Waals surface area contributed by atoms with Gasteiger partial charge in [-0.15, -0.1) is 0 Å². The van der Waals surface area contributed by atoms with Gasteiger partial charge < -0.3 is 15.7 Å². The van der Waals surface area contributed by atoms with E-state index in [1.807, 2.05) is 0 Å². The number of aliphatic hydroxyl groups excluding tert-OH is 1. The van der Waals surface area contributed by atoms with Gasteiger partial charge in [0.2, 0.25) is 0 Å². The number of benzene rings is 1. The van der Waals surface area contributed by atoms with Crippen LogP contribution < -0.4 is 16.0 Å². The van der Waals surface area contributed by atoms with Crippen molar-refractivity contribution in [2.45, 2.75) is 44.4 Å². The van der Waals surface area contributed by atoms with Crippen LogP contribution in [0.5, 0.6) is 0 Å². The number of aliphatic hydroxyl groups is 1. The van der Waals surface area contributed by atoms with Crippen molar-refractivity contribution in [3.05, 3.63) is 33.8 Å². The maximum absolute atomic E-state index is 11.8. The number of rotatable bonds is 3. The van der Waals surface area contributed by atoms with Crippen LogP contribution in [-0.2, 0) is 6.54 Å². The summed E-state index contributed by atoms with van der Waals surface area (Å²) in [5, 5.41) is 26.3. The molecule has 0 spiro atoms. The number of urea groups is 1. The quantitative estimate of drug-likeness (QED) is 0.424. The molecule has 126 valence electrons. The predicted molar refractivity (Wildman–Crippen MR) is 91.0 cm³/mol. The normalized spacial score (nSPS) is 20.7. The Morgan fingerprint density at radius 3 is 2.78 bits per heavy atom. The molecule has 0 aliphatic heterocycles. The summed E-state index contributed by atoms with van der Waals surface area (Å²) in [5.41, 5.74) is 0.691. The van der Waals surface area contributed by atoms with E-state index in [9.17, 15) is 9.90 Å². The average Bonchev–Trinajstić information content (AvgIpc) is 2.51. The topological polar surface area (TPSA) is 97.2 Å². The molecule has 1 saturated carbocycles. The maximum atomic E-state index is 11.8. The Morgan fingerprint density at radius 1 is 1.30 bits per heavy atom. The lowest BCUT2D eigenvalue weighted by Gasteiger charge is -2.29. The lowest BCUT2D eigenvalue weighted by molar-refractivity contribution is 0.0993. The highest BCUT2D eigenvalue weighted by atomic mass is 35.5. The third kappa shape index (κ3) is 5.27. The molecule has 6 nitrogen and oxygen atoms in total. The van der Waals surface area contributed by atoms with Crippen molar-refractivity contribution in [1.29, 1.82) is 5.41 Å². The van der Waals surface area contributed by atoms with E-state index in [-0.39, 0.29) is 18.5 Å². The Morgan fingerprint density at radius 2 is 2.04 bits per heavy atom. The molecule has 1 aliphatic carbocycles. The molecular formula is C15H20Cl2N4O2. The molecule has 1 aliphatic rings. The van der Waals surface area contributed by atoms with E-state index in [1.54, 1.807) is 18.2 Å². The third-order valence-electron chi connectivity index (χ3n) is 3.77. The first-order valence-corrected chi connectivity index (χ1v) is 8.24. The number of carbonyl (C=O) groups excluding carboxylic acids is 1. The summed E-state index contributed by atoms with van der Waals surface area (Å²) < 4.78 is 0. The summed E-state index contributed by atoms with van der Waals surface area (Å²) in [5.74, 6) is -0.134. The number of hydrogen-bond acceptors (Lipinski definition) is 3. The number of nitrogens with one attached hydrogen (secondary N) is 4. The minimum atomic E-state index is -0.524. The average molecular weight is 359 g/mol. The molecule has 2 unspecified atom stereocenters. The van der Waals surface area contributed by atoms with Crippen molar-refractivity contribution < 1.29 is 9.90 Å². The van der Waals surface area contributed by atoms with Gasteiger partial charge in [-0.2, -0.15) is 0 Å². The minimum Gasteiger partial charge on any atom is -0.391 e. The van der Waals surface area contributed by atoms with Crippen molar-refractivity contribution in [2.75, 3.05) is 0 Å². The Hall–Kier alpha value is -1.50. The fourth-order valence-corrected chi connectivity index (χ4v) is 2.91. The Kier molecular flexibility index (Phi) is 6.50. The van der Waals surface area contributed by atoms with Crippen molar-refractivity contribution in [3.8, 4) is 0 Å². The van der Waals surface area contributed by atoms with Crippen LogP contribution >= 0.6 is 23.2 Å². The summed E-state index contributed by atoms with van der Waals surface area (Å²) >= 11 is 11.9. The first-order chi connectivity index (χ1) is 11.0. The van der Waals surface area contributed by atoms with E-state index in [2.05, 4.69) is 16.0 Å². The van der Waals surface area contributed by atoms with Crippen molar-refractivity contribution in [2.24, 2.45) is 0 Å². The molecular weight excluding hydrogens is 339 g/mol. The highest BCUT2D eigenvalue weighted by Gasteiger charge is 2.23. The molecule has 0 radical (unpaired) electrons. The molecule has 1 aromatic rings. The van der Waals surface area contributed by atoms with Crippen LogP contribution in [-0.4, -0.2) is 29.2 Å². The van der Waals surface area contributed by atoms with Gasteiger partial charge in [-0.25, -0.2) is 4.79 Å². The zero-order valence-corrected chi connectivity index (χ0v) is 14.0. The van der Waals surface area contributed by atoms with Gasteiger partial charge in [0.25, 0.3) is 0 Å². The molecule has 23 heavy (non-hydrogen) atoms. The van der Waals surface area contributed by atoms with Gasteiger partial charge in [0.05, 0.1) is 22.2 Å². The molecule has 0 saturated heterocycles. The second-order valence-corrected chi connectivity index (χ2v) is 6.28. The van der Waals surface area contributed by atoms with Crippen LogP contribution in [0.3, 0.4) is 0 Å². The van der Waals surface area contributed by atoms with Crippen molar-refractivity contribution >= 4 is 35.2 Å². The largest absolute Gasteiger partial charge is 0.391 e. The monoisotopic (exact) mass is 358 g/mol. The van der Waals surface area contributed by atoms with Gasteiger partial charge in [0, 0.05) is 6.54 Å². The van der Waals surface area contributed by atoms with Gasteiger partial charge in [-0.1, -0.05) is 48.2 Å². The predicted octanol–water partition coefficient (Wildman–Crippen LogP) is 2.62. The molecule has 0 heterocycles. The number of carbonyl (C=O) groups is 1. The first-order valence-electron chi connectivity index (χ1n) is 7.48. The van der Waals surface area contributed by atoms with E-state index < -0.39 is 12.1 Å². The van der Waals surface area contributed by atoms with Crippen LogP contribution in [0.2, 0.25) is 10.0 Å². The van der Waals surface area contributed by atoms with Gasteiger partial charge >= 0.3 is 6.03 Å². The Labute approximate surface area is 145 Å². The molecule has 8 heteroatoms. The molecule has 1 fully saturated rings. The van der Waals surface area contributed by atoms with Gasteiger partial charge in [-0.3, -0.25) is 10.7 Å². The van der Waals surface area contributed by atoms with Gasteiger partial charge in [0.15, 0.2) is 5.96 Å². The second kappa shape index (κ2) is 8.38. The number of guanidine groups is 1. The van der Waals surface area contributed by atoms with Crippen molar-refractivity contribution in [3.63, 3.8) is 0 Å². The lowest BCUT2D eigenvalue weighted by Crippen LogP contribution is -2.52. The maximum Gasteiger partial charge on any atom is 0.321 e. The number of amides is 2. The number of halogens is 2. The summed E-state index contributed by atoms with van der Waals surface area (Å²) in [6.45, 7) is 0.199. The third-order valence-corrected chi connectivity index (χ3v) is 4.63. The van der Waals surface area contributed by atoms with E-state index >= 15 is 0 Å². The van der Waals surface area contributed by atoms with Crippen LogP contribution in [0.1, 0.15) is 31.2 Å². The van der Waals surface area contributed by atoms with Gasteiger partial charge in [0.1, 0.15) is 0 Å². The summed E-state index contributed by atoms with van der Waals surface area (Å²) in [6.07, 6.45) is 3.00. The molecule has 0 aromatic heterocycles. The fourth-order valence-electron chi connectivity index (χ4n) is 2.52. The number of hydrogen-bond donors (Lipinski definition) is 5. The Balaban J connectivity index is 1.78. The van der Waals surface area contributed by atoms with Crippen LogP contribution in [0.15, 0.2) is 18.2 Å². The highest BCUT2D eigenvalue weighted by molar-refractivity contribution is 6.42. The summed E-state index contributed by atoms with van der Waals surface area (Å²) in [7, 11) is 0. The zero-order valence-electron chi connectivity index (χ0n) is 12.5. The van der Waals surface area contributed by atoms with E-state index in [0.29, 0.717) is 22.0 Å². The summed E-state index contributed by atoms with van der Waals surface area (Å²) in [6, 6.07) is 4.46.